The van der Waals surface area contributed by atoms with Gasteiger partial charge < -0.3 is 9.51 Å². The van der Waals surface area contributed by atoms with E-state index in [0.29, 0.717) is 13.0 Å². The van der Waals surface area contributed by atoms with Crippen LogP contribution < -0.4 is 4.57 Å². The largest absolute Gasteiger partial charge is 0.477 e. The lowest BCUT2D eigenvalue weighted by atomic mass is 10.1. The Hall–Kier alpha value is -2.28. The van der Waals surface area contributed by atoms with Gasteiger partial charge in [-0.15, -0.1) is 11.8 Å². The van der Waals surface area contributed by atoms with Crippen LogP contribution in [-0.4, -0.2) is 36.9 Å². The van der Waals surface area contributed by atoms with E-state index in [1.54, 1.807) is 17.8 Å². The highest BCUT2D eigenvalue weighted by molar-refractivity contribution is 8.00. The minimum absolute atomic E-state index is 0.0385. The number of fused-ring (bicyclic) bond motifs is 2. The minimum atomic E-state index is -1.03. The molecule has 0 spiro atoms. The molecule has 1 unspecified atom stereocenters. The number of hydrogen-bond donors (Lipinski definition) is 1. The molecule has 0 bridgehead atoms. The summed E-state index contributed by atoms with van der Waals surface area (Å²) in [5.74, 6) is -1.13. The van der Waals surface area contributed by atoms with Crippen molar-refractivity contribution in [3.8, 4) is 0 Å². The summed E-state index contributed by atoms with van der Waals surface area (Å²) in [5.41, 5.74) is 2.39. The Morgan fingerprint density at radius 1 is 1.48 bits per heavy atom. The number of amides is 1. The number of aromatic nitrogens is 2. The number of β-lactam (4-membered cyclic amide) rings is 1. The summed E-state index contributed by atoms with van der Waals surface area (Å²) in [4.78, 5) is 24.4. The third-order valence-corrected chi connectivity index (χ3v) is 5.75. The summed E-state index contributed by atoms with van der Waals surface area (Å²) < 4.78 is 4.20. The lowest BCUT2D eigenvalue weighted by Crippen LogP contribution is -2.55. The first-order valence-corrected chi connectivity index (χ1v) is 8.37. The van der Waals surface area contributed by atoms with Crippen LogP contribution in [0.25, 0.3) is 5.52 Å². The van der Waals surface area contributed by atoms with E-state index in [1.165, 1.54) is 4.90 Å². The summed E-state index contributed by atoms with van der Waals surface area (Å²) in [7, 11) is 0. The van der Waals surface area contributed by atoms with Gasteiger partial charge in [-0.05, 0) is 18.2 Å². The van der Waals surface area contributed by atoms with Crippen LogP contribution >= 0.6 is 11.8 Å². The van der Waals surface area contributed by atoms with E-state index in [0.717, 1.165) is 11.2 Å². The monoisotopic (exact) mass is 330 g/mol. The van der Waals surface area contributed by atoms with Gasteiger partial charge in [0.05, 0.1) is 23.2 Å². The molecule has 1 saturated heterocycles. The molecular formula is C16H16N3O3S+. The van der Waals surface area contributed by atoms with Gasteiger partial charge in [0.25, 0.3) is 0 Å². The zero-order valence-electron chi connectivity index (χ0n) is 12.5. The molecular weight excluding hydrogens is 314 g/mol. The summed E-state index contributed by atoms with van der Waals surface area (Å²) >= 11 is 1.65. The van der Waals surface area contributed by atoms with Crippen LogP contribution in [0, 0.1) is 6.92 Å². The van der Waals surface area contributed by atoms with Gasteiger partial charge in [0.15, 0.2) is 12.7 Å². The first-order valence-electron chi connectivity index (χ1n) is 7.43. The summed E-state index contributed by atoms with van der Waals surface area (Å²) in [6, 6.07) is 4.06. The van der Waals surface area contributed by atoms with Gasteiger partial charge in [-0.3, -0.25) is 9.69 Å². The first kappa shape index (κ1) is 14.3. The Labute approximate surface area is 137 Å². The molecule has 4 heterocycles. The highest BCUT2D eigenvalue weighted by Gasteiger charge is 2.46. The third-order valence-electron chi connectivity index (χ3n) is 4.42. The smallest absolute Gasteiger partial charge is 0.352 e. The van der Waals surface area contributed by atoms with E-state index in [1.807, 2.05) is 24.7 Å². The minimum Gasteiger partial charge on any atom is -0.477 e. The van der Waals surface area contributed by atoms with Crippen molar-refractivity contribution in [2.24, 2.45) is 0 Å². The normalized spacial score (nSPS) is 23.4. The van der Waals surface area contributed by atoms with Gasteiger partial charge >= 0.3 is 5.97 Å². The fraction of sp³-hybridized carbons (Fsp3) is 0.312. The summed E-state index contributed by atoms with van der Waals surface area (Å²) in [6.07, 6.45) is 8.14. The lowest BCUT2D eigenvalue weighted by molar-refractivity contribution is -0.700. The molecule has 1 amide bonds. The van der Waals surface area contributed by atoms with Crippen molar-refractivity contribution in [1.82, 2.24) is 9.30 Å². The van der Waals surface area contributed by atoms with Crippen LogP contribution in [0.5, 0.6) is 0 Å². The predicted molar refractivity (Wildman–Crippen MR) is 84.7 cm³/mol. The lowest BCUT2D eigenvalue weighted by Gasteiger charge is -2.43. The second-order valence-corrected chi connectivity index (χ2v) is 7.21. The van der Waals surface area contributed by atoms with Crippen LogP contribution in [-0.2, 0) is 16.1 Å². The summed E-state index contributed by atoms with van der Waals surface area (Å²) in [5, 5.41) is 9.35. The second kappa shape index (κ2) is 5.13. The topological polar surface area (TPSA) is 65.9 Å². The number of aryl methyl sites for hydroxylation is 1. The van der Waals surface area contributed by atoms with Gasteiger partial charge in [-0.1, -0.05) is 0 Å². The fourth-order valence-electron chi connectivity index (χ4n) is 3.19. The molecule has 0 saturated carbocycles. The third kappa shape index (κ3) is 2.23. The number of carbonyl (C=O) groups is 2. The van der Waals surface area contributed by atoms with E-state index in [2.05, 4.69) is 22.0 Å². The van der Waals surface area contributed by atoms with E-state index in [4.69, 9.17) is 0 Å². The SMILES string of the molecule is Cc1c2cccn2cc[n+]1CC1C=C(C(=O)O)N2C(=O)C[C@H]2S1. The van der Waals surface area contributed by atoms with E-state index >= 15 is 0 Å². The molecule has 2 aromatic heterocycles. The van der Waals surface area contributed by atoms with Gasteiger partial charge in [-0.25, -0.2) is 4.79 Å². The average molecular weight is 330 g/mol. The molecule has 6 nitrogen and oxygen atoms in total. The number of aliphatic carboxylic acids is 1. The van der Waals surface area contributed by atoms with Crippen molar-refractivity contribution in [1.29, 1.82) is 0 Å². The van der Waals surface area contributed by atoms with Crippen molar-refractivity contribution in [3.05, 3.63) is 48.2 Å². The summed E-state index contributed by atoms with van der Waals surface area (Å²) in [6.45, 7) is 2.75. The second-order valence-electron chi connectivity index (χ2n) is 5.79. The number of thioether (sulfide) groups is 1. The Morgan fingerprint density at radius 2 is 2.30 bits per heavy atom. The molecule has 2 aromatic rings. The van der Waals surface area contributed by atoms with Crippen molar-refractivity contribution in [3.63, 3.8) is 0 Å². The molecule has 4 rings (SSSR count). The zero-order chi connectivity index (χ0) is 16.1. The van der Waals surface area contributed by atoms with Gasteiger partial charge in [0.2, 0.25) is 11.6 Å². The molecule has 2 aliphatic rings. The van der Waals surface area contributed by atoms with Crippen LogP contribution in [0.3, 0.4) is 0 Å². The molecule has 0 radical (unpaired) electrons. The van der Waals surface area contributed by atoms with Crippen molar-refractivity contribution < 1.29 is 19.3 Å². The molecule has 118 valence electrons. The quantitative estimate of drug-likeness (QED) is 0.678. The standard InChI is InChI=1S/C16H15N3O3S/c1-10-12-3-2-4-17(12)5-6-18(10)9-11-7-13(16(21)22)19-14(20)8-15(19)23-11/h2-7,11,15H,8-9H2,1H3/p+1/t11?,15-/m1/s1. The fourth-order valence-corrected chi connectivity index (χ4v) is 4.64. The number of rotatable bonds is 3. The van der Waals surface area contributed by atoms with E-state index in [9.17, 15) is 14.7 Å². The van der Waals surface area contributed by atoms with E-state index < -0.39 is 5.97 Å². The Balaban J connectivity index is 1.65. The number of hydrogen-bond acceptors (Lipinski definition) is 3. The van der Waals surface area contributed by atoms with E-state index in [-0.39, 0.29) is 22.2 Å². The molecule has 1 N–H and O–H groups in total. The molecule has 0 aromatic carbocycles. The molecule has 2 aliphatic heterocycles. The molecule has 0 aliphatic carbocycles. The van der Waals surface area contributed by atoms with Crippen LogP contribution in [0.1, 0.15) is 12.1 Å². The first-order chi connectivity index (χ1) is 11.0. The van der Waals surface area contributed by atoms with Crippen molar-refractivity contribution in [2.75, 3.05) is 0 Å². The maximum atomic E-state index is 11.6. The Morgan fingerprint density at radius 3 is 3.04 bits per heavy atom. The molecule has 23 heavy (non-hydrogen) atoms. The number of carboxylic acid groups (broad SMARTS) is 1. The highest BCUT2D eigenvalue weighted by Crippen LogP contribution is 2.40. The number of carbonyl (C=O) groups excluding carboxylic acids is 1. The number of nitrogens with zero attached hydrogens (tertiary/aromatic N) is 3. The maximum Gasteiger partial charge on any atom is 0.352 e. The van der Waals surface area contributed by atoms with Crippen LogP contribution in [0.2, 0.25) is 0 Å². The highest BCUT2D eigenvalue weighted by atomic mass is 32.2. The molecule has 7 heteroatoms. The van der Waals surface area contributed by atoms with Gasteiger partial charge in [0.1, 0.15) is 11.2 Å². The van der Waals surface area contributed by atoms with Crippen molar-refractivity contribution >= 4 is 29.2 Å². The average Bonchev–Trinajstić information content (AvgIpc) is 2.98. The van der Waals surface area contributed by atoms with Gasteiger partial charge in [0, 0.05) is 13.1 Å². The number of carboxylic acids is 1. The molecule has 2 atom stereocenters. The predicted octanol–water partition coefficient (Wildman–Crippen LogP) is 1.18. The van der Waals surface area contributed by atoms with Crippen molar-refractivity contribution in [2.45, 2.75) is 30.5 Å². The maximum absolute atomic E-state index is 11.6. The van der Waals surface area contributed by atoms with Crippen LogP contribution in [0.15, 0.2) is 42.5 Å². The Bertz CT molecular complexity index is 857. The van der Waals surface area contributed by atoms with Gasteiger partial charge in [-0.2, -0.15) is 4.57 Å². The Kier molecular flexibility index (Phi) is 3.19. The van der Waals surface area contributed by atoms with Crippen LogP contribution in [0.4, 0.5) is 0 Å². The zero-order valence-corrected chi connectivity index (χ0v) is 13.4. The molecule has 1 fully saturated rings.